The molecule has 0 saturated carbocycles. The van der Waals surface area contributed by atoms with Crippen LogP contribution in [-0.4, -0.2) is 76.3 Å². The van der Waals surface area contributed by atoms with E-state index in [1.54, 1.807) is 7.05 Å². The molecule has 0 aliphatic carbocycles. The third-order valence-electron chi connectivity index (χ3n) is 3.91. The quantitative estimate of drug-likeness (QED) is 0.326. The zero-order valence-corrected chi connectivity index (χ0v) is 19.8. The highest BCUT2D eigenvalue weighted by Gasteiger charge is 2.23. The summed E-state index contributed by atoms with van der Waals surface area (Å²) in [6.07, 6.45) is 0. The first-order valence-corrected chi connectivity index (χ1v) is 10.5. The SMILES string of the molecule is CN=C(NCCS(=O)(=O)N1CCOCC1)N(C)Cc1ccc(Br)cc1.I. The largest absolute Gasteiger partial charge is 0.379 e. The van der Waals surface area contributed by atoms with Gasteiger partial charge in [-0.3, -0.25) is 4.99 Å². The second-order valence-corrected chi connectivity index (χ2v) is 8.79. The highest BCUT2D eigenvalue weighted by molar-refractivity contribution is 14.0. The van der Waals surface area contributed by atoms with Crippen molar-refractivity contribution in [1.82, 2.24) is 14.5 Å². The first kappa shape index (κ1) is 23.6. The molecule has 1 aliphatic heterocycles. The van der Waals surface area contributed by atoms with Crippen LogP contribution in [0.2, 0.25) is 0 Å². The van der Waals surface area contributed by atoms with Gasteiger partial charge in [-0.1, -0.05) is 28.1 Å². The van der Waals surface area contributed by atoms with E-state index in [0.29, 0.717) is 45.4 Å². The summed E-state index contributed by atoms with van der Waals surface area (Å²) < 4.78 is 32.4. The van der Waals surface area contributed by atoms with Crippen LogP contribution in [0, 0.1) is 0 Å². The van der Waals surface area contributed by atoms with E-state index in [9.17, 15) is 8.42 Å². The van der Waals surface area contributed by atoms with E-state index in [-0.39, 0.29) is 29.7 Å². The van der Waals surface area contributed by atoms with Gasteiger partial charge in [0.2, 0.25) is 10.0 Å². The Hall–Kier alpha value is -0.430. The first-order valence-electron chi connectivity index (χ1n) is 8.14. The molecule has 1 aromatic rings. The molecule has 1 heterocycles. The van der Waals surface area contributed by atoms with Crippen molar-refractivity contribution < 1.29 is 13.2 Å². The van der Waals surface area contributed by atoms with Crippen molar-refractivity contribution in [3.8, 4) is 0 Å². The van der Waals surface area contributed by atoms with Gasteiger partial charge in [-0.15, -0.1) is 24.0 Å². The lowest BCUT2D eigenvalue weighted by Crippen LogP contribution is -2.45. The van der Waals surface area contributed by atoms with Crippen LogP contribution in [0.25, 0.3) is 0 Å². The smallest absolute Gasteiger partial charge is 0.215 e. The molecule has 1 N–H and O–H groups in total. The van der Waals surface area contributed by atoms with Crippen molar-refractivity contribution in [2.75, 3.05) is 52.7 Å². The van der Waals surface area contributed by atoms with Gasteiger partial charge in [0.1, 0.15) is 0 Å². The van der Waals surface area contributed by atoms with Gasteiger partial charge in [0, 0.05) is 44.7 Å². The molecule has 0 radical (unpaired) electrons. The molecule has 0 unspecified atom stereocenters. The standard InChI is InChI=1S/C16H25BrN4O3S.HI/c1-18-16(20(2)13-14-3-5-15(17)6-4-14)19-7-12-25(22,23)21-8-10-24-11-9-21;/h3-6H,7-13H2,1-2H3,(H,18,19);1H. The number of hydrogen-bond donors (Lipinski definition) is 1. The topological polar surface area (TPSA) is 74.2 Å². The number of rotatable bonds is 6. The second kappa shape index (κ2) is 11.4. The average Bonchev–Trinajstić information content (AvgIpc) is 2.61. The number of aliphatic imine (C=N–C) groups is 1. The van der Waals surface area contributed by atoms with Crippen molar-refractivity contribution in [1.29, 1.82) is 0 Å². The van der Waals surface area contributed by atoms with Gasteiger partial charge in [-0.2, -0.15) is 4.31 Å². The molecule has 0 bridgehead atoms. The van der Waals surface area contributed by atoms with Crippen molar-refractivity contribution in [3.63, 3.8) is 0 Å². The molecule has 1 saturated heterocycles. The predicted molar refractivity (Wildman–Crippen MR) is 119 cm³/mol. The summed E-state index contributed by atoms with van der Waals surface area (Å²) in [5, 5.41) is 3.13. The minimum absolute atomic E-state index is 0. The maximum absolute atomic E-state index is 12.3. The molecule has 10 heteroatoms. The Morgan fingerprint density at radius 1 is 1.31 bits per heavy atom. The summed E-state index contributed by atoms with van der Waals surface area (Å²) in [4.78, 5) is 6.19. The Labute approximate surface area is 181 Å². The fraction of sp³-hybridized carbons (Fsp3) is 0.562. The normalized spacial score (nSPS) is 16.0. The van der Waals surface area contributed by atoms with Gasteiger partial charge >= 0.3 is 0 Å². The molecule has 0 atom stereocenters. The van der Waals surface area contributed by atoms with Crippen LogP contribution >= 0.6 is 39.9 Å². The Morgan fingerprint density at radius 3 is 2.50 bits per heavy atom. The summed E-state index contributed by atoms with van der Waals surface area (Å²) in [5.41, 5.74) is 1.15. The number of halogens is 2. The highest BCUT2D eigenvalue weighted by Crippen LogP contribution is 2.12. The molecule has 2 rings (SSSR count). The number of hydrogen-bond acceptors (Lipinski definition) is 4. The van der Waals surface area contributed by atoms with Gasteiger partial charge in [0.05, 0.1) is 19.0 Å². The number of sulfonamides is 1. The molecule has 7 nitrogen and oxygen atoms in total. The van der Waals surface area contributed by atoms with E-state index < -0.39 is 10.0 Å². The number of guanidine groups is 1. The first-order chi connectivity index (χ1) is 11.9. The lowest BCUT2D eigenvalue weighted by atomic mass is 10.2. The Balaban J connectivity index is 0.00000338. The fourth-order valence-corrected chi connectivity index (χ4v) is 4.16. The number of ether oxygens (including phenoxy) is 1. The summed E-state index contributed by atoms with van der Waals surface area (Å²) in [5.74, 6) is 0.707. The zero-order chi connectivity index (χ0) is 18.3. The van der Waals surface area contributed by atoms with Gasteiger partial charge in [-0.25, -0.2) is 8.42 Å². The van der Waals surface area contributed by atoms with E-state index in [0.717, 1.165) is 10.0 Å². The molecule has 1 fully saturated rings. The van der Waals surface area contributed by atoms with E-state index in [2.05, 4.69) is 26.2 Å². The van der Waals surface area contributed by atoms with E-state index in [4.69, 9.17) is 4.74 Å². The van der Waals surface area contributed by atoms with Crippen LogP contribution in [0.5, 0.6) is 0 Å². The third kappa shape index (κ3) is 7.29. The molecule has 0 amide bonds. The Kier molecular flexibility index (Phi) is 10.4. The Bertz CT molecular complexity index is 679. The van der Waals surface area contributed by atoms with E-state index in [1.165, 1.54) is 4.31 Å². The third-order valence-corrected chi connectivity index (χ3v) is 6.31. The van der Waals surface area contributed by atoms with Crippen LogP contribution in [0.3, 0.4) is 0 Å². The maximum Gasteiger partial charge on any atom is 0.215 e. The van der Waals surface area contributed by atoms with Gasteiger partial charge in [-0.05, 0) is 17.7 Å². The van der Waals surface area contributed by atoms with Crippen LogP contribution in [-0.2, 0) is 21.3 Å². The second-order valence-electron chi connectivity index (χ2n) is 5.78. The number of nitrogens with one attached hydrogen (secondary N) is 1. The maximum atomic E-state index is 12.3. The number of benzene rings is 1. The molecular weight excluding hydrogens is 535 g/mol. The zero-order valence-electron chi connectivity index (χ0n) is 15.0. The highest BCUT2D eigenvalue weighted by atomic mass is 127. The molecule has 148 valence electrons. The number of morpholine rings is 1. The van der Waals surface area contributed by atoms with Gasteiger partial charge in [0.25, 0.3) is 0 Å². The van der Waals surface area contributed by atoms with Crippen LogP contribution in [0.15, 0.2) is 33.7 Å². The van der Waals surface area contributed by atoms with Gasteiger partial charge < -0.3 is 15.0 Å². The van der Waals surface area contributed by atoms with Gasteiger partial charge in [0.15, 0.2) is 5.96 Å². The van der Waals surface area contributed by atoms with Crippen molar-refractivity contribution in [2.24, 2.45) is 4.99 Å². The summed E-state index contributed by atoms with van der Waals surface area (Å²) >= 11 is 3.42. The van der Waals surface area contributed by atoms with Crippen molar-refractivity contribution in [3.05, 3.63) is 34.3 Å². The monoisotopic (exact) mass is 560 g/mol. The summed E-state index contributed by atoms with van der Waals surface area (Å²) in [7, 11) is 0.351. The van der Waals surface area contributed by atoms with Crippen LogP contribution in [0.1, 0.15) is 5.56 Å². The van der Waals surface area contributed by atoms with E-state index >= 15 is 0 Å². The minimum atomic E-state index is -3.26. The lowest BCUT2D eigenvalue weighted by Gasteiger charge is -2.27. The Morgan fingerprint density at radius 2 is 1.92 bits per heavy atom. The summed E-state index contributed by atoms with van der Waals surface area (Å²) in [6.45, 7) is 2.79. The molecular formula is C16H26BrIN4O3S. The van der Waals surface area contributed by atoms with Crippen molar-refractivity contribution >= 4 is 55.9 Å². The average molecular weight is 561 g/mol. The predicted octanol–water partition coefficient (Wildman–Crippen LogP) is 1.74. The molecule has 0 aromatic heterocycles. The van der Waals surface area contributed by atoms with Crippen molar-refractivity contribution in [2.45, 2.75) is 6.54 Å². The lowest BCUT2D eigenvalue weighted by molar-refractivity contribution is 0.0730. The molecule has 1 aromatic carbocycles. The van der Waals surface area contributed by atoms with E-state index in [1.807, 2.05) is 36.2 Å². The van der Waals surface area contributed by atoms with Crippen LogP contribution in [0.4, 0.5) is 0 Å². The summed E-state index contributed by atoms with van der Waals surface area (Å²) in [6, 6.07) is 8.07. The molecule has 0 spiro atoms. The molecule has 26 heavy (non-hydrogen) atoms. The molecule has 1 aliphatic rings. The number of nitrogens with zero attached hydrogens (tertiary/aromatic N) is 3. The fourth-order valence-electron chi connectivity index (χ4n) is 2.57. The minimum Gasteiger partial charge on any atom is -0.379 e. The van der Waals surface area contributed by atoms with Crippen LogP contribution < -0.4 is 5.32 Å².